The van der Waals surface area contributed by atoms with Crippen LogP contribution in [0.5, 0.6) is 0 Å². The van der Waals surface area contributed by atoms with E-state index in [0.29, 0.717) is 12.8 Å². The van der Waals surface area contributed by atoms with Crippen molar-refractivity contribution in [3.05, 3.63) is 12.7 Å². The molecule has 18 heavy (non-hydrogen) atoms. The molecular formula is C10H21NO6P+. The Hall–Kier alpha value is -0.720. The van der Waals surface area contributed by atoms with Crippen molar-refractivity contribution in [1.29, 1.82) is 0 Å². The number of phosphoric acid groups is 1. The normalized spacial score (nSPS) is 14.9. The van der Waals surface area contributed by atoms with E-state index in [1.54, 1.807) is 21.1 Å². The summed E-state index contributed by atoms with van der Waals surface area (Å²) in [5.74, 6) is -0.489. The number of hydrogen-bond acceptors (Lipinski definition) is 5. The first-order valence-corrected chi connectivity index (χ1v) is 6.95. The second kappa shape index (κ2) is 7.66. The first-order chi connectivity index (χ1) is 8.16. The fourth-order valence-electron chi connectivity index (χ4n) is 0.949. The topological polar surface area (TPSA) is 82.1 Å². The molecule has 0 fully saturated rings. The van der Waals surface area contributed by atoms with Crippen molar-refractivity contribution < 1.29 is 32.8 Å². The molecule has 1 atom stereocenters. The zero-order chi connectivity index (χ0) is 14.2. The monoisotopic (exact) mass is 282 g/mol. The van der Waals surface area contributed by atoms with Crippen LogP contribution in [-0.4, -0.2) is 49.9 Å². The second-order valence-corrected chi connectivity index (χ2v) is 5.71. The van der Waals surface area contributed by atoms with Crippen molar-refractivity contribution >= 4 is 13.8 Å². The molecule has 0 bridgehead atoms. The van der Waals surface area contributed by atoms with Crippen LogP contribution in [0.25, 0.3) is 0 Å². The summed E-state index contributed by atoms with van der Waals surface area (Å²) in [6, 6.07) is 0. The third-order valence-electron chi connectivity index (χ3n) is 1.55. The molecule has 0 aromatic rings. The zero-order valence-corrected chi connectivity index (χ0v) is 11.9. The van der Waals surface area contributed by atoms with Gasteiger partial charge in [0, 0.05) is 6.08 Å². The standard InChI is InChI=1S/C10H20NO6P/c1-5-10(12)15-8-6-7-9-16-18(13,14)17-11(2,3)4/h5H,1,6-9H2,2-4H3/p+1. The average Bonchev–Trinajstić information content (AvgIpc) is 2.19. The minimum Gasteiger partial charge on any atom is -0.463 e. The summed E-state index contributed by atoms with van der Waals surface area (Å²) < 4.78 is 25.6. The molecule has 1 N–H and O–H groups in total. The maximum Gasteiger partial charge on any atom is 0.518 e. The minimum absolute atomic E-state index is 0.0550. The molecular weight excluding hydrogens is 261 g/mol. The Balaban J connectivity index is 3.68. The Morgan fingerprint density at radius 1 is 1.33 bits per heavy atom. The van der Waals surface area contributed by atoms with Crippen molar-refractivity contribution in [1.82, 2.24) is 0 Å². The molecule has 0 saturated carbocycles. The molecule has 0 rings (SSSR count). The number of hydrogen-bond donors (Lipinski definition) is 1. The Morgan fingerprint density at radius 3 is 2.39 bits per heavy atom. The number of rotatable bonds is 9. The van der Waals surface area contributed by atoms with Gasteiger partial charge in [0.1, 0.15) is 0 Å². The number of carbonyl (C=O) groups is 1. The maximum atomic E-state index is 11.4. The van der Waals surface area contributed by atoms with Crippen molar-refractivity contribution in [2.24, 2.45) is 0 Å². The predicted octanol–water partition coefficient (Wildman–Crippen LogP) is 1.25. The molecule has 8 heteroatoms. The van der Waals surface area contributed by atoms with Gasteiger partial charge in [0.05, 0.1) is 34.4 Å². The maximum absolute atomic E-state index is 11.4. The lowest BCUT2D eigenvalue weighted by molar-refractivity contribution is -1.04. The number of quaternary nitrogens is 1. The number of esters is 1. The van der Waals surface area contributed by atoms with Gasteiger partial charge in [0.15, 0.2) is 0 Å². The van der Waals surface area contributed by atoms with Crippen LogP contribution in [0, 0.1) is 0 Å². The molecule has 0 aromatic heterocycles. The lowest BCUT2D eigenvalue weighted by Gasteiger charge is -2.22. The quantitative estimate of drug-likeness (QED) is 0.171. The van der Waals surface area contributed by atoms with Gasteiger partial charge in [0.2, 0.25) is 0 Å². The Bertz CT molecular complexity index is 325. The van der Waals surface area contributed by atoms with Crippen molar-refractivity contribution in [2.45, 2.75) is 12.8 Å². The van der Waals surface area contributed by atoms with Gasteiger partial charge in [0.25, 0.3) is 0 Å². The summed E-state index contributed by atoms with van der Waals surface area (Å²) in [5.41, 5.74) is 0. The van der Waals surface area contributed by atoms with E-state index in [1.807, 2.05) is 0 Å². The van der Waals surface area contributed by atoms with Gasteiger partial charge < -0.3 is 4.74 Å². The Labute approximate surface area is 107 Å². The summed E-state index contributed by atoms with van der Waals surface area (Å²) >= 11 is 0. The van der Waals surface area contributed by atoms with Crippen LogP contribution in [0.15, 0.2) is 12.7 Å². The van der Waals surface area contributed by atoms with Crippen molar-refractivity contribution in [3.8, 4) is 0 Å². The van der Waals surface area contributed by atoms with Crippen molar-refractivity contribution in [3.63, 3.8) is 0 Å². The van der Waals surface area contributed by atoms with Gasteiger partial charge in [-0.3, -0.25) is 9.42 Å². The molecule has 0 saturated heterocycles. The molecule has 0 amide bonds. The number of unbranched alkanes of at least 4 members (excludes halogenated alkanes) is 1. The second-order valence-electron chi connectivity index (χ2n) is 4.35. The molecule has 106 valence electrons. The number of carbonyl (C=O) groups excluding carboxylic acids is 1. The third-order valence-corrected chi connectivity index (χ3v) is 2.76. The highest BCUT2D eigenvalue weighted by atomic mass is 31.2. The van der Waals surface area contributed by atoms with Crippen molar-refractivity contribution in [2.75, 3.05) is 34.4 Å². The van der Waals surface area contributed by atoms with Crippen LogP contribution in [0.2, 0.25) is 0 Å². The predicted molar refractivity (Wildman–Crippen MR) is 65.3 cm³/mol. The van der Waals surface area contributed by atoms with E-state index < -0.39 is 13.8 Å². The molecule has 1 unspecified atom stereocenters. The van der Waals surface area contributed by atoms with E-state index in [-0.39, 0.29) is 17.9 Å². The molecule has 0 aliphatic carbocycles. The van der Waals surface area contributed by atoms with Gasteiger partial charge in [-0.1, -0.05) is 11.2 Å². The van der Waals surface area contributed by atoms with Crippen LogP contribution < -0.4 is 0 Å². The molecule has 0 aliphatic heterocycles. The van der Waals surface area contributed by atoms with E-state index in [9.17, 15) is 14.3 Å². The van der Waals surface area contributed by atoms with Gasteiger partial charge in [-0.15, -0.1) is 0 Å². The number of hydroxylamine groups is 3. The van der Waals surface area contributed by atoms with Gasteiger partial charge in [-0.05, 0) is 12.8 Å². The SMILES string of the molecule is C=CC(=O)OCCCCOP(=O)(O)O[N+](C)(C)C. The molecule has 0 radical (unpaired) electrons. The Morgan fingerprint density at radius 2 is 1.89 bits per heavy atom. The van der Waals surface area contributed by atoms with Crippen LogP contribution in [0.1, 0.15) is 12.8 Å². The molecule has 0 heterocycles. The summed E-state index contributed by atoms with van der Waals surface area (Å²) in [7, 11) is 0.755. The summed E-state index contributed by atoms with van der Waals surface area (Å²) in [4.78, 5) is 20.0. The zero-order valence-electron chi connectivity index (χ0n) is 11.0. The van der Waals surface area contributed by atoms with Crippen LogP contribution in [0.3, 0.4) is 0 Å². The van der Waals surface area contributed by atoms with Crippen LogP contribution >= 0.6 is 7.82 Å². The number of ether oxygens (including phenoxy) is 1. The molecule has 7 nitrogen and oxygen atoms in total. The molecule has 0 aromatic carbocycles. The number of phosphoric ester groups is 1. The fourth-order valence-corrected chi connectivity index (χ4v) is 1.97. The highest BCUT2D eigenvalue weighted by Crippen LogP contribution is 2.45. The highest BCUT2D eigenvalue weighted by molar-refractivity contribution is 7.47. The summed E-state index contributed by atoms with van der Waals surface area (Å²) in [6.07, 6.45) is 2.09. The lowest BCUT2D eigenvalue weighted by Crippen LogP contribution is -2.33. The van der Waals surface area contributed by atoms with E-state index in [4.69, 9.17) is 13.9 Å². The minimum atomic E-state index is -4.04. The van der Waals surface area contributed by atoms with Gasteiger partial charge >= 0.3 is 13.8 Å². The smallest absolute Gasteiger partial charge is 0.463 e. The highest BCUT2D eigenvalue weighted by Gasteiger charge is 2.30. The third kappa shape index (κ3) is 10.4. The van der Waals surface area contributed by atoms with E-state index in [1.165, 1.54) is 0 Å². The van der Waals surface area contributed by atoms with E-state index >= 15 is 0 Å². The first-order valence-electron chi connectivity index (χ1n) is 5.45. The largest absolute Gasteiger partial charge is 0.518 e. The first kappa shape index (κ1) is 17.3. The summed E-state index contributed by atoms with van der Waals surface area (Å²) in [5, 5.41) is 0. The fraction of sp³-hybridized carbons (Fsp3) is 0.700. The van der Waals surface area contributed by atoms with Crippen LogP contribution in [-0.2, 0) is 23.2 Å². The van der Waals surface area contributed by atoms with Gasteiger partial charge in [-0.25, -0.2) is 9.36 Å². The summed E-state index contributed by atoms with van der Waals surface area (Å²) in [6.45, 7) is 3.53. The number of nitrogens with zero attached hydrogens (tertiary/aromatic N) is 1. The van der Waals surface area contributed by atoms with Crippen LogP contribution in [0.4, 0.5) is 0 Å². The Kier molecular flexibility index (Phi) is 7.35. The van der Waals surface area contributed by atoms with Gasteiger partial charge in [-0.2, -0.15) is 4.65 Å². The van der Waals surface area contributed by atoms with E-state index in [0.717, 1.165) is 6.08 Å². The van der Waals surface area contributed by atoms with E-state index in [2.05, 4.69) is 6.58 Å². The molecule has 0 aliphatic rings. The molecule has 0 spiro atoms. The lowest BCUT2D eigenvalue weighted by atomic mass is 10.3. The average molecular weight is 282 g/mol.